The molecule has 26 heavy (non-hydrogen) atoms. The third-order valence-corrected chi connectivity index (χ3v) is 6.45. The summed E-state index contributed by atoms with van der Waals surface area (Å²) >= 11 is 0. The van der Waals surface area contributed by atoms with Crippen molar-refractivity contribution in [3.8, 4) is 0 Å². The number of halogens is 3. The van der Waals surface area contributed by atoms with Crippen molar-refractivity contribution in [2.45, 2.75) is 52.8 Å². The SMILES string of the molecule is CC1(C)[C@@H]2CC[C@]1(C)/C(=N/NC(=O)Cn1cc(C(F)(F)F)ccc1=O)C2. The molecular formula is C18H22F3N3O2. The van der Waals surface area contributed by atoms with Crippen LogP contribution in [0.5, 0.6) is 0 Å². The molecule has 0 aromatic carbocycles. The van der Waals surface area contributed by atoms with E-state index in [9.17, 15) is 22.8 Å². The predicted molar refractivity (Wildman–Crippen MR) is 90.5 cm³/mol. The first-order valence-corrected chi connectivity index (χ1v) is 8.59. The van der Waals surface area contributed by atoms with Gasteiger partial charge in [-0.1, -0.05) is 20.8 Å². The number of hydrazone groups is 1. The van der Waals surface area contributed by atoms with E-state index in [1.54, 1.807) is 0 Å². The minimum absolute atomic E-state index is 0.0853. The molecule has 142 valence electrons. The Morgan fingerprint density at radius 2 is 2.04 bits per heavy atom. The summed E-state index contributed by atoms with van der Waals surface area (Å²) in [7, 11) is 0. The maximum Gasteiger partial charge on any atom is 0.417 e. The Morgan fingerprint density at radius 3 is 2.58 bits per heavy atom. The number of fused-ring (bicyclic) bond motifs is 2. The Bertz CT molecular complexity index is 826. The fourth-order valence-electron chi connectivity index (χ4n) is 4.24. The van der Waals surface area contributed by atoms with Crippen LogP contribution >= 0.6 is 0 Å². The Kier molecular flexibility index (Phi) is 4.28. The van der Waals surface area contributed by atoms with E-state index in [2.05, 4.69) is 31.3 Å². The van der Waals surface area contributed by atoms with Gasteiger partial charge in [-0.2, -0.15) is 18.3 Å². The Labute approximate surface area is 149 Å². The highest BCUT2D eigenvalue weighted by Gasteiger charge is 2.60. The van der Waals surface area contributed by atoms with E-state index in [1.165, 1.54) is 0 Å². The number of carbonyl (C=O) groups excluding carboxylic acids is 1. The molecular weight excluding hydrogens is 347 g/mol. The van der Waals surface area contributed by atoms with Crippen molar-refractivity contribution in [3.05, 3.63) is 34.2 Å². The van der Waals surface area contributed by atoms with Crippen LogP contribution in [0.15, 0.2) is 28.2 Å². The highest BCUT2D eigenvalue weighted by Crippen LogP contribution is 2.63. The van der Waals surface area contributed by atoms with Crippen LogP contribution in [0, 0.1) is 16.7 Å². The lowest BCUT2D eigenvalue weighted by atomic mass is 9.70. The maximum absolute atomic E-state index is 12.8. The Hall–Kier alpha value is -2.12. The molecule has 1 N–H and O–H groups in total. The van der Waals surface area contributed by atoms with Crippen LogP contribution in [-0.4, -0.2) is 16.2 Å². The maximum atomic E-state index is 12.8. The molecule has 1 aromatic heterocycles. The largest absolute Gasteiger partial charge is 0.417 e. The third-order valence-electron chi connectivity index (χ3n) is 6.45. The number of carbonyl (C=O) groups is 1. The molecule has 0 saturated heterocycles. The molecule has 0 aliphatic heterocycles. The first-order valence-electron chi connectivity index (χ1n) is 8.59. The molecule has 2 aliphatic rings. The van der Waals surface area contributed by atoms with Crippen LogP contribution in [0.3, 0.4) is 0 Å². The van der Waals surface area contributed by atoms with Crippen LogP contribution in [0.2, 0.25) is 0 Å². The van der Waals surface area contributed by atoms with Crippen LogP contribution in [-0.2, 0) is 17.5 Å². The first-order chi connectivity index (χ1) is 11.9. The zero-order valence-corrected chi connectivity index (χ0v) is 15.0. The van der Waals surface area contributed by atoms with Crippen LogP contribution in [0.1, 0.15) is 45.6 Å². The highest BCUT2D eigenvalue weighted by atomic mass is 19.4. The summed E-state index contributed by atoms with van der Waals surface area (Å²) < 4.78 is 39.0. The third kappa shape index (κ3) is 2.95. The van der Waals surface area contributed by atoms with Gasteiger partial charge in [0.2, 0.25) is 0 Å². The zero-order valence-electron chi connectivity index (χ0n) is 15.0. The van der Waals surface area contributed by atoms with Crippen molar-refractivity contribution < 1.29 is 18.0 Å². The van der Waals surface area contributed by atoms with Crippen molar-refractivity contribution in [1.82, 2.24) is 9.99 Å². The summed E-state index contributed by atoms with van der Waals surface area (Å²) in [6.07, 6.45) is -0.970. The number of aromatic nitrogens is 1. The first kappa shape index (κ1) is 18.7. The van der Waals surface area contributed by atoms with Crippen LogP contribution < -0.4 is 11.0 Å². The lowest BCUT2D eigenvalue weighted by Gasteiger charge is -2.34. The normalized spacial score (nSPS) is 28.5. The molecule has 2 fully saturated rings. The second kappa shape index (κ2) is 5.96. The van der Waals surface area contributed by atoms with E-state index in [0.29, 0.717) is 18.2 Å². The van der Waals surface area contributed by atoms with Crippen molar-refractivity contribution in [3.63, 3.8) is 0 Å². The number of nitrogens with one attached hydrogen (secondary N) is 1. The van der Waals surface area contributed by atoms with E-state index in [1.807, 2.05) is 0 Å². The number of nitrogens with zero attached hydrogens (tertiary/aromatic N) is 2. The number of hydrogen-bond donors (Lipinski definition) is 1. The molecule has 3 rings (SSSR count). The quantitative estimate of drug-likeness (QED) is 0.832. The van der Waals surface area contributed by atoms with Gasteiger partial charge in [-0.3, -0.25) is 9.59 Å². The van der Waals surface area contributed by atoms with E-state index >= 15 is 0 Å². The molecule has 0 unspecified atom stereocenters. The lowest BCUT2D eigenvalue weighted by Crippen LogP contribution is -2.35. The fourth-order valence-corrected chi connectivity index (χ4v) is 4.24. The summed E-state index contributed by atoms with van der Waals surface area (Å²) in [6.45, 7) is 6.04. The number of pyridine rings is 1. The molecule has 1 amide bonds. The molecule has 0 spiro atoms. The molecule has 5 nitrogen and oxygen atoms in total. The second-order valence-corrected chi connectivity index (χ2v) is 7.97. The minimum Gasteiger partial charge on any atom is -0.305 e. The highest BCUT2D eigenvalue weighted by molar-refractivity contribution is 5.95. The number of hydrogen-bond acceptors (Lipinski definition) is 3. The summed E-state index contributed by atoms with van der Waals surface area (Å²) in [5.41, 5.74) is 1.71. The standard InChI is InChI=1S/C18H22F3N3O2/c1-16(2)11-6-7-17(16,3)13(8-11)22-23-14(25)10-24-9-12(18(19,20)21)4-5-15(24)26/h4-5,9,11H,6-8,10H2,1-3H3,(H,23,25)/b22-13+/t11-,17-/m1/s1. The van der Waals surface area contributed by atoms with Gasteiger partial charge in [0.05, 0.1) is 5.56 Å². The van der Waals surface area contributed by atoms with E-state index in [-0.39, 0.29) is 10.8 Å². The summed E-state index contributed by atoms with van der Waals surface area (Å²) in [5.74, 6) is -0.0997. The molecule has 1 heterocycles. The van der Waals surface area contributed by atoms with Crippen LogP contribution in [0.4, 0.5) is 13.2 Å². The van der Waals surface area contributed by atoms with Gasteiger partial charge in [-0.05, 0) is 36.7 Å². The zero-order chi connectivity index (χ0) is 19.3. The average Bonchev–Trinajstić information content (AvgIpc) is 2.87. The topological polar surface area (TPSA) is 63.5 Å². The molecule has 1 aromatic rings. The number of amides is 1. The van der Waals surface area contributed by atoms with E-state index < -0.39 is 29.8 Å². The summed E-state index contributed by atoms with van der Waals surface area (Å²) in [5, 5.41) is 4.25. The van der Waals surface area contributed by atoms with E-state index in [4.69, 9.17) is 0 Å². The monoisotopic (exact) mass is 369 g/mol. The molecule has 2 bridgehead atoms. The van der Waals surface area contributed by atoms with Gasteiger partial charge in [0, 0.05) is 23.4 Å². The smallest absolute Gasteiger partial charge is 0.305 e. The molecule has 2 atom stereocenters. The molecule has 2 saturated carbocycles. The van der Waals surface area contributed by atoms with Gasteiger partial charge in [0.15, 0.2) is 0 Å². The number of rotatable bonds is 3. The molecule has 8 heteroatoms. The molecule has 0 radical (unpaired) electrons. The second-order valence-electron chi connectivity index (χ2n) is 7.97. The molecule has 2 aliphatic carbocycles. The number of alkyl halides is 3. The Morgan fingerprint density at radius 1 is 1.35 bits per heavy atom. The van der Waals surface area contributed by atoms with Gasteiger partial charge in [-0.25, -0.2) is 5.43 Å². The van der Waals surface area contributed by atoms with Gasteiger partial charge < -0.3 is 4.57 Å². The fraction of sp³-hybridized carbons (Fsp3) is 0.611. The van der Waals surface area contributed by atoms with Crippen molar-refractivity contribution in [1.29, 1.82) is 0 Å². The van der Waals surface area contributed by atoms with Crippen LogP contribution in [0.25, 0.3) is 0 Å². The average molecular weight is 369 g/mol. The van der Waals surface area contributed by atoms with Crippen molar-refractivity contribution in [2.24, 2.45) is 21.8 Å². The van der Waals surface area contributed by atoms with Gasteiger partial charge >= 0.3 is 6.18 Å². The van der Waals surface area contributed by atoms with Gasteiger partial charge in [0.1, 0.15) is 6.54 Å². The van der Waals surface area contributed by atoms with Gasteiger partial charge in [-0.15, -0.1) is 0 Å². The van der Waals surface area contributed by atoms with Crippen molar-refractivity contribution >= 4 is 11.6 Å². The predicted octanol–water partition coefficient (Wildman–Crippen LogP) is 3.19. The van der Waals surface area contributed by atoms with E-state index in [0.717, 1.165) is 35.6 Å². The lowest BCUT2D eigenvalue weighted by molar-refractivity contribution is -0.138. The summed E-state index contributed by atoms with van der Waals surface area (Å²) in [4.78, 5) is 23.8. The minimum atomic E-state index is -4.57. The van der Waals surface area contributed by atoms with Gasteiger partial charge in [0.25, 0.3) is 11.5 Å². The van der Waals surface area contributed by atoms with Crippen molar-refractivity contribution in [2.75, 3.05) is 0 Å². The summed E-state index contributed by atoms with van der Waals surface area (Å²) in [6, 6.07) is 1.51. The Balaban J connectivity index is 1.72.